The normalized spacial score (nSPS) is 9.73. The molecule has 0 atom stereocenters. The Balaban J connectivity index is 3.36. The lowest BCUT2D eigenvalue weighted by atomic mass is 10.2. The largest absolute Gasteiger partial charge is 0.355 e. The van der Waals surface area contributed by atoms with E-state index in [0.717, 1.165) is 25.7 Å². The third kappa shape index (κ3) is 9.25. The van der Waals surface area contributed by atoms with Crippen LogP contribution >= 0.6 is 0 Å². The molecule has 0 spiro atoms. The van der Waals surface area contributed by atoms with Crippen LogP contribution in [-0.2, 0) is 19.4 Å². The van der Waals surface area contributed by atoms with Crippen LogP contribution in [0.5, 0.6) is 0 Å². The Kier molecular flexibility index (Phi) is 8.82. The molecule has 0 saturated heterocycles. The van der Waals surface area contributed by atoms with Crippen molar-refractivity contribution in [1.29, 1.82) is 0 Å². The van der Waals surface area contributed by atoms with E-state index >= 15 is 0 Å². The molecule has 0 bridgehead atoms. The van der Waals surface area contributed by atoms with Gasteiger partial charge in [-0.25, -0.2) is 19.4 Å². The van der Waals surface area contributed by atoms with Crippen LogP contribution in [0.4, 0.5) is 0 Å². The lowest BCUT2D eigenvalue weighted by Crippen LogP contribution is -2.10. The number of hydrogen-bond acceptors (Lipinski definition) is 4. The van der Waals surface area contributed by atoms with Crippen molar-refractivity contribution >= 4 is 11.9 Å². The van der Waals surface area contributed by atoms with Crippen molar-refractivity contribution in [2.45, 2.75) is 58.8 Å². The van der Waals surface area contributed by atoms with Crippen molar-refractivity contribution in [1.82, 2.24) is 0 Å². The van der Waals surface area contributed by atoms with Gasteiger partial charge >= 0.3 is 11.9 Å². The van der Waals surface area contributed by atoms with Gasteiger partial charge in [0.15, 0.2) is 0 Å². The number of hydrogen-bond donors (Lipinski definition) is 0. The minimum absolute atomic E-state index is 0.281. The Morgan fingerprint density at radius 1 is 0.800 bits per heavy atom. The minimum Gasteiger partial charge on any atom is -0.247 e. The lowest BCUT2D eigenvalue weighted by Gasteiger charge is -2.02. The van der Waals surface area contributed by atoms with Crippen molar-refractivity contribution in [2.24, 2.45) is 0 Å². The molecule has 15 heavy (non-hydrogen) atoms. The van der Waals surface area contributed by atoms with Crippen molar-refractivity contribution in [3.63, 3.8) is 0 Å². The van der Waals surface area contributed by atoms with Crippen LogP contribution < -0.4 is 0 Å². The Bertz CT molecular complexity index is 189. The molecular formula is C11H20O4. The second-order valence-electron chi connectivity index (χ2n) is 3.47. The summed E-state index contributed by atoms with van der Waals surface area (Å²) in [4.78, 5) is 30.5. The van der Waals surface area contributed by atoms with Crippen LogP contribution in [0.2, 0.25) is 0 Å². The van der Waals surface area contributed by atoms with Gasteiger partial charge in [-0.1, -0.05) is 33.1 Å². The fourth-order valence-electron chi connectivity index (χ4n) is 1.08. The van der Waals surface area contributed by atoms with E-state index in [4.69, 9.17) is 0 Å². The molecule has 0 rings (SSSR count). The molecule has 0 radical (unpaired) electrons. The predicted octanol–water partition coefficient (Wildman–Crippen LogP) is 2.76. The van der Waals surface area contributed by atoms with E-state index in [9.17, 15) is 9.59 Å². The Morgan fingerprint density at radius 3 is 1.93 bits per heavy atom. The summed E-state index contributed by atoms with van der Waals surface area (Å²) in [5, 5.41) is 0. The van der Waals surface area contributed by atoms with Gasteiger partial charge in [0, 0.05) is 6.42 Å². The average Bonchev–Trinajstić information content (AvgIpc) is 2.22. The van der Waals surface area contributed by atoms with Crippen molar-refractivity contribution in [3.05, 3.63) is 0 Å². The Labute approximate surface area is 90.9 Å². The van der Waals surface area contributed by atoms with Crippen LogP contribution in [0.3, 0.4) is 0 Å². The maximum absolute atomic E-state index is 11.0. The monoisotopic (exact) mass is 216 g/mol. The molecule has 88 valence electrons. The number of carbonyl (C=O) groups is 2. The summed E-state index contributed by atoms with van der Waals surface area (Å²) in [5.74, 6) is -0.949. The van der Waals surface area contributed by atoms with Crippen molar-refractivity contribution in [2.75, 3.05) is 0 Å². The van der Waals surface area contributed by atoms with E-state index < -0.39 is 11.9 Å². The highest BCUT2D eigenvalue weighted by Crippen LogP contribution is 2.04. The first-order valence-electron chi connectivity index (χ1n) is 5.60. The van der Waals surface area contributed by atoms with Crippen molar-refractivity contribution in [3.8, 4) is 0 Å². The SMILES string of the molecule is CCCCCCC(=O)OOC(=O)CCC. The first kappa shape index (κ1) is 13.9. The Morgan fingerprint density at radius 2 is 1.40 bits per heavy atom. The van der Waals surface area contributed by atoms with E-state index in [2.05, 4.69) is 16.7 Å². The second-order valence-corrected chi connectivity index (χ2v) is 3.47. The molecule has 0 aromatic carbocycles. The zero-order valence-electron chi connectivity index (χ0n) is 9.58. The first-order chi connectivity index (χ1) is 7.20. The number of rotatable bonds is 7. The minimum atomic E-state index is -0.487. The van der Waals surface area contributed by atoms with Gasteiger partial charge in [0.05, 0.1) is 6.42 Å². The van der Waals surface area contributed by atoms with Gasteiger partial charge in [-0.05, 0) is 12.8 Å². The van der Waals surface area contributed by atoms with Crippen LogP contribution in [0, 0.1) is 0 Å². The fraction of sp³-hybridized carbons (Fsp3) is 0.818. The Hall–Kier alpha value is -1.06. The summed E-state index contributed by atoms with van der Waals surface area (Å²) in [6, 6.07) is 0. The second kappa shape index (κ2) is 9.49. The van der Waals surface area contributed by atoms with E-state index in [-0.39, 0.29) is 6.42 Å². The van der Waals surface area contributed by atoms with E-state index in [1.807, 2.05) is 6.92 Å². The zero-order chi connectivity index (χ0) is 11.5. The van der Waals surface area contributed by atoms with Gasteiger partial charge < -0.3 is 0 Å². The van der Waals surface area contributed by atoms with Gasteiger partial charge in [-0.2, -0.15) is 0 Å². The quantitative estimate of drug-likeness (QED) is 0.373. The van der Waals surface area contributed by atoms with E-state index in [1.54, 1.807) is 0 Å². The molecule has 4 heteroatoms. The molecular weight excluding hydrogens is 196 g/mol. The maximum atomic E-state index is 11.0. The highest BCUT2D eigenvalue weighted by atomic mass is 17.2. The van der Waals surface area contributed by atoms with Gasteiger partial charge in [0.2, 0.25) is 0 Å². The third-order valence-corrected chi connectivity index (χ3v) is 1.92. The van der Waals surface area contributed by atoms with Crippen LogP contribution in [0.1, 0.15) is 58.8 Å². The molecule has 0 aliphatic heterocycles. The number of unbranched alkanes of at least 4 members (excludes halogenated alkanes) is 3. The zero-order valence-corrected chi connectivity index (χ0v) is 9.58. The topological polar surface area (TPSA) is 52.6 Å². The summed E-state index contributed by atoms with van der Waals surface area (Å²) in [6.45, 7) is 3.96. The molecule has 0 aliphatic rings. The summed E-state index contributed by atoms with van der Waals surface area (Å²) in [5.41, 5.74) is 0. The van der Waals surface area contributed by atoms with Gasteiger partial charge in [-0.3, -0.25) is 0 Å². The molecule has 0 heterocycles. The van der Waals surface area contributed by atoms with E-state index in [1.165, 1.54) is 0 Å². The molecule has 0 unspecified atom stereocenters. The molecule has 0 fully saturated rings. The molecule has 0 aliphatic carbocycles. The van der Waals surface area contributed by atoms with Crippen molar-refractivity contribution < 1.29 is 19.4 Å². The lowest BCUT2D eigenvalue weighted by molar-refractivity contribution is -0.259. The molecule has 0 amide bonds. The van der Waals surface area contributed by atoms with Gasteiger partial charge in [0.25, 0.3) is 0 Å². The smallest absolute Gasteiger partial charge is 0.247 e. The van der Waals surface area contributed by atoms with Gasteiger partial charge in [0.1, 0.15) is 0 Å². The highest BCUT2D eigenvalue weighted by Gasteiger charge is 2.08. The first-order valence-corrected chi connectivity index (χ1v) is 5.60. The third-order valence-electron chi connectivity index (χ3n) is 1.92. The summed E-state index contributed by atoms with van der Waals surface area (Å²) < 4.78 is 0. The van der Waals surface area contributed by atoms with Gasteiger partial charge in [-0.15, -0.1) is 0 Å². The highest BCUT2D eigenvalue weighted by molar-refractivity contribution is 5.72. The summed E-state index contributed by atoms with van der Waals surface area (Å²) >= 11 is 0. The molecule has 4 nitrogen and oxygen atoms in total. The maximum Gasteiger partial charge on any atom is 0.355 e. The van der Waals surface area contributed by atoms with Crippen LogP contribution in [0.25, 0.3) is 0 Å². The van der Waals surface area contributed by atoms with E-state index in [0.29, 0.717) is 12.8 Å². The molecule has 0 aromatic rings. The molecule has 0 saturated carbocycles. The van der Waals surface area contributed by atoms with Crippen LogP contribution in [-0.4, -0.2) is 11.9 Å². The average molecular weight is 216 g/mol. The standard InChI is InChI=1S/C11H20O4/c1-3-5-6-7-9-11(13)15-14-10(12)8-4-2/h3-9H2,1-2H3. The predicted molar refractivity (Wildman–Crippen MR) is 55.9 cm³/mol. The summed E-state index contributed by atoms with van der Waals surface area (Å²) in [7, 11) is 0. The van der Waals surface area contributed by atoms with Crippen LogP contribution in [0.15, 0.2) is 0 Å². The fourth-order valence-corrected chi connectivity index (χ4v) is 1.08. The number of carbonyl (C=O) groups excluding carboxylic acids is 2. The summed E-state index contributed by atoms with van der Waals surface area (Å²) in [6.07, 6.45) is 5.32. The molecule has 0 N–H and O–H groups in total. The molecule has 0 aromatic heterocycles.